The van der Waals surface area contributed by atoms with Crippen molar-refractivity contribution < 1.29 is 28.5 Å². The first-order valence-corrected chi connectivity index (χ1v) is 9.34. The summed E-state index contributed by atoms with van der Waals surface area (Å²) in [6.07, 6.45) is 0. The van der Waals surface area contributed by atoms with Gasteiger partial charge in [-0.1, -0.05) is 23.9 Å². The molecule has 0 aliphatic carbocycles. The highest BCUT2D eigenvalue weighted by atomic mass is 32.2. The van der Waals surface area contributed by atoms with E-state index in [0.717, 1.165) is 11.8 Å². The minimum Gasteiger partial charge on any atom is -0.493 e. The smallest absolute Gasteiger partial charge is 0.313 e. The number of thioether (sulfide) groups is 1. The van der Waals surface area contributed by atoms with Gasteiger partial charge in [-0.15, -0.1) is 10.2 Å². The van der Waals surface area contributed by atoms with E-state index in [9.17, 15) is 9.18 Å². The molecule has 0 radical (unpaired) electrons. The summed E-state index contributed by atoms with van der Waals surface area (Å²) < 4.78 is 32.1. The summed E-state index contributed by atoms with van der Waals surface area (Å²) in [5.74, 6) is -0.291. The Hall–Kier alpha value is -3.27. The lowest BCUT2D eigenvalue weighted by Crippen LogP contribution is -2.05. The number of benzene rings is 2. The van der Waals surface area contributed by atoms with Crippen LogP contribution in [0.4, 0.5) is 4.39 Å². The zero-order chi connectivity index (χ0) is 21.0. The zero-order valence-electron chi connectivity index (χ0n) is 15.9. The highest BCUT2D eigenvalue weighted by molar-refractivity contribution is 7.99. The topological polar surface area (TPSA) is 95.7 Å². The third kappa shape index (κ3) is 4.11. The number of para-hydroxylation sites is 1. The fourth-order valence-corrected chi connectivity index (χ4v) is 3.40. The maximum atomic E-state index is 14.6. The number of aliphatic carboxylic acids is 1. The van der Waals surface area contributed by atoms with Crippen molar-refractivity contribution >= 4 is 17.7 Å². The van der Waals surface area contributed by atoms with Crippen LogP contribution in [0.2, 0.25) is 0 Å². The average molecular weight is 419 g/mol. The van der Waals surface area contributed by atoms with Crippen molar-refractivity contribution in [3.05, 3.63) is 42.2 Å². The lowest BCUT2D eigenvalue weighted by Gasteiger charge is -2.15. The van der Waals surface area contributed by atoms with Crippen LogP contribution in [0.25, 0.3) is 17.1 Å². The number of nitrogens with zero attached hydrogens (tertiary/aromatic N) is 3. The first kappa shape index (κ1) is 20.5. The molecule has 0 atom stereocenters. The summed E-state index contributed by atoms with van der Waals surface area (Å²) >= 11 is 0.938. The van der Waals surface area contributed by atoms with Gasteiger partial charge in [0.05, 0.1) is 32.8 Å². The van der Waals surface area contributed by atoms with Crippen LogP contribution in [0.5, 0.6) is 17.2 Å². The van der Waals surface area contributed by atoms with E-state index in [-0.39, 0.29) is 16.6 Å². The molecular weight excluding hydrogens is 401 g/mol. The number of carboxylic acids is 1. The SMILES string of the molecule is COc1cc(-c2nnc(SCC(=O)O)n2-c2ccccc2F)cc(OC)c1OC. The third-order valence-corrected chi connectivity index (χ3v) is 4.89. The Morgan fingerprint density at radius 1 is 1.10 bits per heavy atom. The first-order valence-electron chi connectivity index (χ1n) is 8.35. The molecule has 0 spiro atoms. The predicted molar refractivity (Wildman–Crippen MR) is 105 cm³/mol. The number of hydrogen-bond donors (Lipinski definition) is 1. The number of ether oxygens (including phenoxy) is 3. The molecule has 3 rings (SSSR count). The van der Waals surface area contributed by atoms with Crippen molar-refractivity contribution in [1.82, 2.24) is 14.8 Å². The number of aromatic nitrogens is 3. The number of carbonyl (C=O) groups is 1. The first-order chi connectivity index (χ1) is 14.0. The van der Waals surface area contributed by atoms with Crippen LogP contribution >= 0.6 is 11.8 Å². The van der Waals surface area contributed by atoms with E-state index < -0.39 is 11.8 Å². The normalized spacial score (nSPS) is 10.6. The van der Waals surface area contributed by atoms with E-state index in [4.69, 9.17) is 19.3 Å². The Labute approximate surface area is 170 Å². The van der Waals surface area contributed by atoms with Gasteiger partial charge in [-0.25, -0.2) is 4.39 Å². The fraction of sp³-hybridized carbons (Fsp3) is 0.211. The maximum Gasteiger partial charge on any atom is 0.313 e. The minimum atomic E-state index is -1.02. The van der Waals surface area contributed by atoms with Gasteiger partial charge in [0, 0.05) is 5.56 Å². The summed E-state index contributed by atoms with van der Waals surface area (Å²) in [5.41, 5.74) is 0.714. The van der Waals surface area contributed by atoms with Gasteiger partial charge >= 0.3 is 5.97 Å². The van der Waals surface area contributed by atoms with Gasteiger partial charge in [-0.3, -0.25) is 9.36 Å². The largest absolute Gasteiger partial charge is 0.493 e. The van der Waals surface area contributed by atoms with E-state index in [1.54, 1.807) is 30.3 Å². The van der Waals surface area contributed by atoms with Crippen molar-refractivity contribution in [3.63, 3.8) is 0 Å². The summed E-state index contributed by atoms with van der Waals surface area (Å²) in [4.78, 5) is 11.0. The molecule has 0 saturated heterocycles. The highest BCUT2D eigenvalue weighted by Crippen LogP contribution is 2.41. The molecule has 0 unspecified atom stereocenters. The molecule has 1 N–H and O–H groups in total. The number of methoxy groups -OCH3 is 3. The van der Waals surface area contributed by atoms with E-state index in [2.05, 4.69) is 10.2 Å². The molecule has 29 heavy (non-hydrogen) atoms. The van der Waals surface area contributed by atoms with Crippen LogP contribution in [0.15, 0.2) is 41.6 Å². The van der Waals surface area contributed by atoms with Gasteiger partial charge in [0.15, 0.2) is 22.5 Å². The van der Waals surface area contributed by atoms with Gasteiger partial charge in [-0.05, 0) is 24.3 Å². The van der Waals surface area contributed by atoms with Gasteiger partial charge < -0.3 is 19.3 Å². The average Bonchev–Trinajstić information content (AvgIpc) is 3.15. The van der Waals surface area contributed by atoms with Crippen molar-refractivity contribution in [2.75, 3.05) is 27.1 Å². The Bertz CT molecular complexity index is 1020. The molecule has 2 aromatic carbocycles. The minimum absolute atomic E-state index is 0.189. The second kappa shape index (κ2) is 8.82. The monoisotopic (exact) mass is 419 g/mol. The molecule has 10 heteroatoms. The second-order valence-corrected chi connectivity index (χ2v) is 6.63. The number of halogens is 1. The van der Waals surface area contributed by atoms with E-state index >= 15 is 0 Å². The van der Waals surface area contributed by atoms with Crippen molar-refractivity contribution in [2.45, 2.75) is 5.16 Å². The lowest BCUT2D eigenvalue weighted by molar-refractivity contribution is -0.133. The molecule has 0 amide bonds. The Morgan fingerprint density at radius 3 is 2.31 bits per heavy atom. The number of rotatable bonds is 8. The Kier molecular flexibility index (Phi) is 6.23. The van der Waals surface area contributed by atoms with Crippen LogP contribution in [-0.4, -0.2) is 52.9 Å². The molecule has 0 aliphatic heterocycles. The van der Waals surface area contributed by atoms with Crippen molar-refractivity contribution in [2.24, 2.45) is 0 Å². The van der Waals surface area contributed by atoms with Gasteiger partial charge in [-0.2, -0.15) is 0 Å². The van der Waals surface area contributed by atoms with E-state index in [1.807, 2.05) is 0 Å². The summed E-state index contributed by atoms with van der Waals surface area (Å²) in [5, 5.41) is 17.5. The standard InChI is InChI=1S/C19H18FN3O5S/c1-26-14-8-11(9-15(27-2)17(14)28-3)18-21-22-19(29-10-16(24)25)23(18)13-7-5-4-6-12(13)20/h4-9H,10H2,1-3H3,(H,24,25). The van der Waals surface area contributed by atoms with Gasteiger partial charge in [0.2, 0.25) is 5.75 Å². The van der Waals surface area contributed by atoms with E-state index in [0.29, 0.717) is 28.6 Å². The molecule has 1 heterocycles. The van der Waals surface area contributed by atoms with Gasteiger partial charge in [0.25, 0.3) is 0 Å². The maximum absolute atomic E-state index is 14.6. The molecule has 3 aromatic rings. The van der Waals surface area contributed by atoms with E-state index in [1.165, 1.54) is 32.0 Å². The van der Waals surface area contributed by atoms with Crippen LogP contribution < -0.4 is 14.2 Å². The molecule has 8 nitrogen and oxygen atoms in total. The summed E-state index contributed by atoms with van der Waals surface area (Å²) in [6, 6.07) is 9.42. The predicted octanol–water partition coefficient (Wildman–Crippen LogP) is 3.28. The molecule has 1 aromatic heterocycles. The Morgan fingerprint density at radius 2 is 1.76 bits per heavy atom. The van der Waals surface area contributed by atoms with Gasteiger partial charge in [0.1, 0.15) is 5.82 Å². The van der Waals surface area contributed by atoms with Crippen LogP contribution in [-0.2, 0) is 4.79 Å². The zero-order valence-corrected chi connectivity index (χ0v) is 16.7. The molecule has 0 saturated carbocycles. The number of hydrogen-bond acceptors (Lipinski definition) is 7. The van der Waals surface area contributed by atoms with Crippen LogP contribution in [0.1, 0.15) is 0 Å². The van der Waals surface area contributed by atoms with Crippen molar-refractivity contribution in [3.8, 4) is 34.3 Å². The van der Waals surface area contributed by atoms with Crippen LogP contribution in [0.3, 0.4) is 0 Å². The fourth-order valence-electron chi connectivity index (χ4n) is 2.74. The summed E-state index contributed by atoms with van der Waals surface area (Å²) in [6.45, 7) is 0. The van der Waals surface area contributed by atoms with Crippen LogP contribution in [0, 0.1) is 5.82 Å². The summed E-state index contributed by atoms with van der Waals surface area (Å²) in [7, 11) is 4.45. The highest BCUT2D eigenvalue weighted by Gasteiger charge is 2.22. The Balaban J connectivity index is 2.22. The molecular formula is C19H18FN3O5S. The molecule has 0 aliphatic rings. The quantitative estimate of drug-likeness (QED) is 0.556. The number of carboxylic acid groups (broad SMARTS) is 1. The van der Waals surface area contributed by atoms with Crippen molar-refractivity contribution in [1.29, 1.82) is 0 Å². The third-order valence-electron chi connectivity index (χ3n) is 3.97. The molecule has 0 fully saturated rings. The molecule has 152 valence electrons. The second-order valence-electron chi connectivity index (χ2n) is 5.69. The lowest BCUT2D eigenvalue weighted by atomic mass is 10.1. The molecule has 0 bridgehead atoms.